The van der Waals surface area contributed by atoms with Gasteiger partial charge in [-0.1, -0.05) is 50.2 Å². The van der Waals surface area contributed by atoms with E-state index in [0.29, 0.717) is 24.4 Å². The highest BCUT2D eigenvalue weighted by Crippen LogP contribution is 2.35. The van der Waals surface area contributed by atoms with Crippen molar-refractivity contribution in [1.82, 2.24) is 4.90 Å². The quantitative estimate of drug-likeness (QED) is 0.599. The van der Waals surface area contributed by atoms with Gasteiger partial charge in [-0.15, -0.1) is 0 Å². The SMILES string of the molecule is COC(=O)c1cccc(C[C@@H]2CS(=O)(=O)C[C@H]3[C@H]2OC(=O)N3Cc2cccc(C(C)C)c2)c1. The van der Waals surface area contributed by atoms with Crippen LogP contribution in [0, 0.1) is 5.92 Å². The van der Waals surface area contributed by atoms with Gasteiger partial charge in [0.1, 0.15) is 6.10 Å². The number of hydrogen-bond acceptors (Lipinski definition) is 6. The predicted octanol–water partition coefficient (Wildman–Crippen LogP) is 3.57. The van der Waals surface area contributed by atoms with Crippen LogP contribution in [0.5, 0.6) is 0 Å². The number of carbonyl (C=O) groups excluding carboxylic acids is 2. The molecular formula is C25H29NO6S. The Morgan fingerprint density at radius 1 is 1.12 bits per heavy atom. The monoisotopic (exact) mass is 471 g/mol. The molecule has 0 spiro atoms. The Labute approximate surface area is 194 Å². The zero-order valence-corrected chi connectivity index (χ0v) is 19.9. The molecule has 4 rings (SSSR count). The van der Waals surface area contributed by atoms with Gasteiger partial charge < -0.3 is 9.47 Å². The minimum absolute atomic E-state index is 0.0550. The van der Waals surface area contributed by atoms with Gasteiger partial charge in [0.2, 0.25) is 0 Å². The first kappa shape index (κ1) is 23.3. The Balaban J connectivity index is 1.57. The molecule has 0 unspecified atom stereocenters. The highest BCUT2D eigenvalue weighted by molar-refractivity contribution is 7.91. The summed E-state index contributed by atoms with van der Waals surface area (Å²) < 4.78 is 36.1. The summed E-state index contributed by atoms with van der Waals surface area (Å²) in [6, 6.07) is 14.4. The van der Waals surface area contributed by atoms with Crippen molar-refractivity contribution in [1.29, 1.82) is 0 Å². The molecule has 0 saturated carbocycles. The second-order valence-electron chi connectivity index (χ2n) is 9.18. The van der Waals surface area contributed by atoms with E-state index in [1.165, 1.54) is 7.11 Å². The van der Waals surface area contributed by atoms with Crippen LogP contribution >= 0.6 is 0 Å². The molecule has 0 bridgehead atoms. The molecule has 2 fully saturated rings. The third kappa shape index (κ3) is 5.05. The van der Waals surface area contributed by atoms with Crippen LogP contribution in [0.25, 0.3) is 0 Å². The summed E-state index contributed by atoms with van der Waals surface area (Å²) in [5.74, 6) is -0.652. The Hall–Kier alpha value is -2.87. The Kier molecular flexibility index (Phi) is 6.47. The average molecular weight is 472 g/mol. The van der Waals surface area contributed by atoms with E-state index in [2.05, 4.69) is 19.9 Å². The molecule has 0 aliphatic carbocycles. The molecule has 2 aromatic rings. The van der Waals surface area contributed by atoms with Crippen LogP contribution in [-0.4, -0.2) is 56.1 Å². The van der Waals surface area contributed by atoms with E-state index in [1.54, 1.807) is 23.1 Å². The van der Waals surface area contributed by atoms with Crippen LogP contribution in [0.3, 0.4) is 0 Å². The lowest BCUT2D eigenvalue weighted by Gasteiger charge is -2.34. The van der Waals surface area contributed by atoms with Crippen molar-refractivity contribution in [3.63, 3.8) is 0 Å². The van der Waals surface area contributed by atoms with Crippen LogP contribution in [0.1, 0.15) is 46.8 Å². The zero-order chi connectivity index (χ0) is 23.8. The molecule has 0 aromatic heterocycles. The van der Waals surface area contributed by atoms with E-state index < -0.39 is 40.0 Å². The number of amides is 1. The molecule has 2 aliphatic rings. The lowest BCUT2D eigenvalue weighted by molar-refractivity contribution is 0.0600. The van der Waals surface area contributed by atoms with Gasteiger partial charge in [0.25, 0.3) is 0 Å². The van der Waals surface area contributed by atoms with Crippen molar-refractivity contribution >= 4 is 21.9 Å². The smallest absolute Gasteiger partial charge is 0.410 e. The van der Waals surface area contributed by atoms with Crippen LogP contribution in [-0.2, 0) is 32.3 Å². The molecular weight excluding hydrogens is 442 g/mol. The first-order valence-corrected chi connectivity index (χ1v) is 12.9. The van der Waals surface area contributed by atoms with Gasteiger partial charge in [0.05, 0.1) is 30.2 Å². The maximum atomic E-state index is 12.8. The fourth-order valence-corrected chi connectivity index (χ4v) is 6.76. The van der Waals surface area contributed by atoms with E-state index in [4.69, 9.17) is 9.47 Å². The Morgan fingerprint density at radius 2 is 1.85 bits per heavy atom. The van der Waals surface area contributed by atoms with E-state index in [1.807, 2.05) is 24.3 Å². The maximum Gasteiger partial charge on any atom is 0.410 e. The number of nitrogens with zero attached hydrogens (tertiary/aromatic N) is 1. The van der Waals surface area contributed by atoms with Crippen molar-refractivity contribution in [2.45, 2.75) is 44.9 Å². The van der Waals surface area contributed by atoms with Gasteiger partial charge in [0, 0.05) is 12.5 Å². The van der Waals surface area contributed by atoms with Crippen LogP contribution in [0.15, 0.2) is 48.5 Å². The molecule has 2 aliphatic heterocycles. The fourth-order valence-electron chi connectivity index (χ4n) is 4.77. The third-order valence-corrected chi connectivity index (χ3v) is 8.21. The minimum Gasteiger partial charge on any atom is -0.465 e. The lowest BCUT2D eigenvalue weighted by atomic mass is 9.90. The van der Waals surface area contributed by atoms with E-state index >= 15 is 0 Å². The lowest BCUT2D eigenvalue weighted by Crippen LogP contribution is -2.51. The van der Waals surface area contributed by atoms with Crippen LogP contribution in [0.4, 0.5) is 4.79 Å². The largest absolute Gasteiger partial charge is 0.465 e. The van der Waals surface area contributed by atoms with Gasteiger partial charge in [-0.3, -0.25) is 4.90 Å². The van der Waals surface area contributed by atoms with E-state index in [9.17, 15) is 18.0 Å². The van der Waals surface area contributed by atoms with Crippen molar-refractivity contribution in [3.05, 3.63) is 70.8 Å². The topological polar surface area (TPSA) is 90.0 Å². The van der Waals surface area contributed by atoms with Gasteiger partial charge in [0.15, 0.2) is 9.84 Å². The normalized spacial score (nSPS) is 23.8. The third-order valence-electron chi connectivity index (χ3n) is 6.42. The number of benzene rings is 2. The molecule has 33 heavy (non-hydrogen) atoms. The van der Waals surface area contributed by atoms with Crippen LogP contribution < -0.4 is 0 Å². The second kappa shape index (κ2) is 9.17. The van der Waals surface area contributed by atoms with Gasteiger partial charge >= 0.3 is 12.1 Å². The van der Waals surface area contributed by atoms with Crippen molar-refractivity contribution < 1.29 is 27.5 Å². The highest BCUT2D eigenvalue weighted by Gasteiger charge is 2.51. The van der Waals surface area contributed by atoms with Crippen molar-refractivity contribution in [2.24, 2.45) is 5.92 Å². The maximum absolute atomic E-state index is 12.8. The van der Waals surface area contributed by atoms with Gasteiger partial charge in [-0.25, -0.2) is 18.0 Å². The molecule has 0 N–H and O–H groups in total. The standard InChI is InChI=1S/C25H29NO6S/c1-16(2)19-8-5-7-18(12-19)13-26-22-15-33(29,30)14-21(23(22)32-25(26)28)11-17-6-4-9-20(10-17)24(27)31-3/h4-10,12,16,21-23H,11,13-15H2,1-3H3/t21-,22+,23+/m1/s1. The number of sulfone groups is 1. The molecule has 2 aromatic carbocycles. The Morgan fingerprint density at radius 3 is 2.58 bits per heavy atom. The number of carbonyl (C=O) groups is 2. The summed E-state index contributed by atoms with van der Waals surface area (Å²) in [6.45, 7) is 4.51. The summed E-state index contributed by atoms with van der Waals surface area (Å²) in [5.41, 5.74) is 3.32. The zero-order valence-electron chi connectivity index (χ0n) is 19.1. The molecule has 0 radical (unpaired) electrons. The molecule has 2 saturated heterocycles. The number of esters is 1. The first-order valence-electron chi connectivity index (χ1n) is 11.1. The van der Waals surface area contributed by atoms with Gasteiger partial charge in [-0.2, -0.15) is 0 Å². The number of rotatable bonds is 6. The summed E-state index contributed by atoms with van der Waals surface area (Å²) in [7, 11) is -2.06. The van der Waals surface area contributed by atoms with E-state index in [0.717, 1.165) is 16.7 Å². The number of hydrogen-bond donors (Lipinski definition) is 0. The first-order chi connectivity index (χ1) is 15.7. The number of ether oxygens (including phenoxy) is 2. The highest BCUT2D eigenvalue weighted by atomic mass is 32.2. The molecule has 7 nitrogen and oxygen atoms in total. The molecule has 8 heteroatoms. The number of methoxy groups -OCH3 is 1. The molecule has 1 amide bonds. The molecule has 3 atom stereocenters. The second-order valence-corrected chi connectivity index (χ2v) is 11.3. The molecule has 2 heterocycles. The average Bonchev–Trinajstić information content (AvgIpc) is 3.08. The summed E-state index contributed by atoms with van der Waals surface area (Å²) in [6.07, 6.45) is -0.615. The van der Waals surface area contributed by atoms with Crippen LogP contribution in [0.2, 0.25) is 0 Å². The Bertz CT molecular complexity index is 1160. The summed E-state index contributed by atoms with van der Waals surface area (Å²) in [4.78, 5) is 26.2. The predicted molar refractivity (Wildman–Crippen MR) is 124 cm³/mol. The van der Waals surface area contributed by atoms with E-state index in [-0.39, 0.29) is 11.5 Å². The van der Waals surface area contributed by atoms with Crippen molar-refractivity contribution in [2.75, 3.05) is 18.6 Å². The summed E-state index contributed by atoms with van der Waals surface area (Å²) in [5, 5.41) is 0. The van der Waals surface area contributed by atoms with Gasteiger partial charge in [-0.05, 0) is 41.2 Å². The number of fused-ring (bicyclic) bond motifs is 1. The molecule has 176 valence electrons. The fraction of sp³-hybridized carbons (Fsp3) is 0.440. The summed E-state index contributed by atoms with van der Waals surface area (Å²) >= 11 is 0. The minimum atomic E-state index is -3.37. The van der Waals surface area contributed by atoms with Crippen molar-refractivity contribution in [3.8, 4) is 0 Å².